The minimum absolute atomic E-state index is 0.0213. The Morgan fingerprint density at radius 1 is 0.897 bits per heavy atom. The highest BCUT2D eigenvalue weighted by Crippen LogP contribution is 2.19. The van der Waals surface area contributed by atoms with Gasteiger partial charge in [-0.15, -0.1) is 0 Å². The van der Waals surface area contributed by atoms with E-state index in [9.17, 15) is 28.8 Å². The van der Waals surface area contributed by atoms with Gasteiger partial charge in [0.15, 0.2) is 0 Å². The number of primary amides is 1. The summed E-state index contributed by atoms with van der Waals surface area (Å²) in [4.78, 5) is 76.1. The number of alkyl carbamates (subject to hydrolysis) is 2. The molecule has 3 atom stereocenters. The van der Waals surface area contributed by atoms with Gasteiger partial charge in [0.1, 0.15) is 29.3 Å². The molecule has 1 aliphatic rings. The highest BCUT2D eigenvalue weighted by atomic mass is 16.6. The molecule has 0 aromatic rings. The summed E-state index contributed by atoms with van der Waals surface area (Å²) in [5.74, 6) is -2.27. The lowest BCUT2D eigenvalue weighted by molar-refractivity contribution is -0.141. The van der Waals surface area contributed by atoms with E-state index in [2.05, 4.69) is 16.0 Å². The molecule has 1 heterocycles. The first kappa shape index (κ1) is 33.6. The van der Waals surface area contributed by atoms with Crippen molar-refractivity contribution in [2.45, 2.75) is 123 Å². The zero-order chi connectivity index (χ0) is 30.0. The number of ether oxygens (including phenoxy) is 2. The predicted octanol–water partition coefficient (Wildman–Crippen LogP) is 1.86. The standard InChI is InChI=1S/C26H45N5O8/c1-8-11-17(22(35)31-15-10-13-18(31)20(27)33)28-21(34)16(29-23(36)38-25(2,3)4)12-9-14-19(32)30-24(37)39-26(5,6)7/h16-18H,8-15H2,1-7H3,(H2,27,33)(H,28,34)(H,29,36)(H,30,32,37)/t16-,17-,18-/m0/s1. The van der Waals surface area contributed by atoms with Crippen molar-refractivity contribution in [3.8, 4) is 0 Å². The normalized spacial score (nSPS) is 17.0. The van der Waals surface area contributed by atoms with Gasteiger partial charge in [0.2, 0.25) is 23.6 Å². The number of hydrogen-bond acceptors (Lipinski definition) is 8. The maximum atomic E-state index is 13.3. The molecule has 1 saturated heterocycles. The Morgan fingerprint density at radius 3 is 2.03 bits per heavy atom. The molecule has 0 radical (unpaired) electrons. The van der Waals surface area contributed by atoms with E-state index in [4.69, 9.17) is 15.2 Å². The fourth-order valence-corrected chi connectivity index (χ4v) is 4.01. The second kappa shape index (κ2) is 14.7. The minimum Gasteiger partial charge on any atom is -0.444 e. The van der Waals surface area contributed by atoms with Gasteiger partial charge in [-0.1, -0.05) is 13.3 Å². The number of hydrogen-bond donors (Lipinski definition) is 4. The number of nitrogens with two attached hydrogens (primary N) is 1. The molecule has 5 N–H and O–H groups in total. The van der Waals surface area contributed by atoms with Crippen molar-refractivity contribution in [1.82, 2.24) is 20.9 Å². The van der Waals surface area contributed by atoms with Crippen molar-refractivity contribution in [2.75, 3.05) is 6.54 Å². The maximum Gasteiger partial charge on any atom is 0.414 e. The fourth-order valence-electron chi connectivity index (χ4n) is 4.01. The summed E-state index contributed by atoms with van der Waals surface area (Å²) in [5.41, 5.74) is 3.86. The molecule has 0 aromatic carbocycles. The summed E-state index contributed by atoms with van der Waals surface area (Å²) in [6.45, 7) is 12.2. The Balaban J connectivity index is 2.92. The van der Waals surface area contributed by atoms with Crippen molar-refractivity contribution in [3.05, 3.63) is 0 Å². The Hall–Kier alpha value is -3.38. The average Bonchev–Trinajstić information content (AvgIpc) is 3.25. The molecule has 0 bridgehead atoms. The molecule has 0 unspecified atom stereocenters. The lowest BCUT2D eigenvalue weighted by Gasteiger charge is -2.29. The van der Waals surface area contributed by atoms with Crippen LogP contribution in [0.3, 0.4) is 0 Å². The van der Waals surface area contributed by atoms with Crippen LogP contribution in [0.1, 0.15) is 93.4 Å². The van der Waals surface area contributed by atoms with Crippen LogP contribution in [-0.2, 0) is 28.7 Å². The largest absolute Gasteiger partial charge is 0.444 e. The number of nitrogens with zero attached hydrogens (tertiary/aromatic N) is 1. The second-order valence-electron chi connectivity index (χ2n) is 11.6. The molecule has 13 heteroatoms. The molecule has 0 saturated carbocycles. The van der Waals surface area contributed by atoms with Crippen LogP contribution in [0, 0.1) is 0 Å². The highest BCUT2D eigenvalue weighted by Gasteiger charge is 2.37. The molecule has 0 aliphatic carbocycles. The summed E-state index contributed by atoms with van der Waals surface area (Å²) in [7, 11) is 0. The van der Waals surface area contributed by atoms with Gasteiger partial charge in [-0.2, -0.15) is 0 Å². The van der Waals surface area contributed by atoms with Crippen LogP contribution in [-0.4, -0.2) is 76.6 Å². The summed E-state index contributed by atoms with van der Waals surface area (Å²) in [6.07, 6.45) is 0.272. The first-order chi connectivity index (χ1) is 17.9. The number of carbonyl (C=O) groups is 6. The van der Waals surface area contributed by atoms with Gasteiger partial charge in [0.25, 0.3) is 0 Å². The SMILES string of the molecule is CCC[C@H](NC(=O)[C@H](CCCC(=O)NC(=O)OC(C)(C)C)NC(=O)OC(C)(C)C)C(=O)N1CCC[C@H]1C(N)=O. The van der Waals surface area contributed by atoms with Gasteiger partial charge in [0.05, 0.1) is 0 Å². The van der Waals surface area contributed by atoms with Gasteiger partial charge in [-0.25, -0.2) is 9.59 Å². The van der Waals surface area contributed by atoms with E-state index in [1.807, 2.05) is 6.92 Å². The van der Waals surface area contributed by atoms with Crippen molar-refractivity contribution < 1.29 is 38.2 Å². The summed E-state index contributed by atoms with van der Waals surface area (Å²) < 4.78 is 10.3. The molecule has 0 spiro atoms. The smallest absolute Gasteiger partial charge is 0.414 e. The zero-order valence-corrected chi connectivity index (χ0v) is 24.2. The molecule has 6 amide bonds. The summed E-state index contributed by atoms with van der Waals surface area (Å²) >= 11 is 0. The molecule has 0 aromatic heterocycles. The zero-order valence-electron chi connectivity index (χ0n) is 24.2. The molecule has 13 nitrogen and oxygen atoms in total. The lowest BCUT2D eigenvalue weighted by atomic mass is 10.1. The van der Waals surface area contributed by atoms with Crippen molar-refractivity contribution in [2.24, 2.45) is 5.73 Å². The summed E-state index contributed by atoms with van der Waals surface area (Å²) in [6, 6.07) is -2.79. The van der Waals surface area contributed by atoms with Crippen molar-refractivity contribution in [3.63, 3.8) is 0 Å². The maximum absolute atomic E-state index is 13.3. The minimum atomic E-state index is -1.13. The highest BCUT2D eigenvalue weighted by molar-refractivity contribution is 5.94. The van der Waals surface area contributed by atoms with Crippen LogP contribution >= 0.6 is 0 Å². The van der Waals surface area contributed by atoms with Gasteiger partial charge in [0, 0.05) is 13.0 Å². The first-order valence-corrected chi connectivity index (χ1v) is 13.4. The Kier molecular flexibility index (Phi) is 12.7. The van der Waals surface area contributed by atoms with E-state index in [0.29, 0.717) is 32.2 Å². The van der Waals surface area contributed by atoms with Crippen LogP contribution in [0.25, 0.3) is 0 Å². The molecule has 222 valence electrons. The fraction of sp³-hybridized carbons (Fsp3) is 0.769. The van der Waals surface area contributed by atoms with Gasteiger partial charge in [-0.05, 0) is 73.6 Å². The molecule has 1 rings (SSSR count). The van der Waals surface area contributed by atoms with Crippen LogP contribution in [0.15, 0.2) is 0 Å². The number of rotatable bonds is 11. The quantitative estimate of drug-likeness (QED) is 0.297. The van der Waals surface area contributed by atoms with Crippen LogP contribution in [0.2, 0.25) is 0 Å². The molecule has 1 aliphatic heterocycles. The third kappa shape index (κ3) is 12.8. The van der Waals surface area contributed by atoms with E-state index < -0.39 is 65.1 Å². The lowest BCUT2D eigenvalue weighted by Crippen LogP contribution is -2.56. The molecular weight excluding hydrogens is 510 g/mol. The monoisotopic (exact) mass is 555 g/mol. The van der Waals surface area contributed by atoms with Crippen molar-refractivity contribution >= 4 is 35.8 Å². The van der Waals surface area contributed by atoms with E-state index in [-0.39, 0.29) is 19.3 Å². The molecule has 39 heavy (non-hydrogen) atoms. The second-order valence-corrected chi connectivity index (χ2v) is 11.6. The molecular formula is C26H45N5O8. The van der Waals surface area contributed by atoms with E-state index >= 15 is 0 Å². The van der Waals surface area contributed by atoms with Crippen LogP contribution in [0.4, 0.5) is 9.59 Å². The Morgan fingerprint density at radius 2 is 1.49 bits per heavy atom. The number of likely N-dealkylation sites (tertiary alicyclic amines) is 1. The topological polar surface area (TPSA) is 186 Å². The van der Waals surface area contributed by atoms with Crippen molar-refractivity contribution in [1.29, 1.82) is 0 Å². The molecule has 1 fully saturated rings. The number of imide groups is 1. The van der Waals surface area contributed by atoms with Gasteiger partial charge in [-0.3, -0.25) is 24.5 Å². The average molecular weight is 556 g/mol. The summed E-state index contributed by atoms with van der Waals surface area (Å²) in [5, 5.41) is 7.32. The number of nitrogens with one attached hydrogen (secondary N) is 3. The Labute approximate surface area is 230 Å². The number of carbonyl (C=O) groups excluding carboxylic acids is 6. The van der Waals surface area contributed by atoms with E-state index in [1.54, 1.807) is 41.5 Å². The Bertz CT molecular complexity index is 909. The third-order valence-electron chi connectivity index (χ3n) is 5.60. The predicted molar refractivity (Wildman–Crippen MR) is 142 cm³/mol. The van der Waals surface area contributed by atoms with Gasteiger partial charge < -0.3 is 30.7 Å². The van der Waals surface area contributed by atoms with Crippen LogP contribution < -0.4 is 21.7 Å². The van der Waals surface area contributed by atoms with E-state index in [0.717, 1.165) is 0 Å². The van der Waals surface area contributed by atoms with Gasteiger partial charge >= 0.3 is 12.2 Å². The third-order valence-corrected chi connectivity index (χ3v) is 5.60. The van der Waals surface area contributed by atoms with E-state index in [1.165, 1.54) is 4.90 Å². The van der Waals surface area contributed by atoms with Crippen LogP contribution in [0.5, 0.6) is 0 Å². The first-order valence-electron chi connectivity index (χ1n) is 13.4. The number of amides is 6.